The Bertz CT molecular complexity index is 609. The molecule has 5 heteroatoms. The van der Waals surface area contributed by atoms with Crippen LogP contribution in [0.2, 0.25) is 0 Å². The van der Waals surface area contributed by atoms with Crippen molar-refractivity contribution < 1.29 is 13.9 Å². The highest BCUT2D eigenvalue weighted by Gasteiger charge is 2.38. The molecule has 0 saturated carbocycles. The van der Waals surface area contributed by atoms with Gasteiger partial charge in [-0.3, -0.25) is 4.90 Å². The lowest BCUT2D eigenvalue weighted by Crippen LogP contribution is -2.59. The monoisotopic (exact) mass is 364 g/mol. The number of carbonyl (C=O) groups excluding carboxylic acids is 1. The molecule has 1 aromatic rings. The van der Waals surface area contributed by atoms with Gasteiger partial charge in [0.15, 0.2) is 0 Å². The molecule has 146 valence electrons. The predicted octanol–water partition coefficient (Wildman–Crippen LogP) is 4.85. The van der Waals surface area contributed by atoms with Gasteiger partial charge in [-0.1, -0.05) is 26.0 Å². The molecule has 1 aliphatic heterocycles. The van der Waals surface area contributed by atoms with Gasteiger partial charge in [0.1, 0.15) is 11.4 Å². The Labute approximate surface area is 157 Å². The van der Waals surface area contributed by atoms with Gasteiger partial charge in [-0.25, -0.2) is 9.18 Å². The lowest BCUT2D eigenvalue weighted by Gasteiger charge is -2.48. The van der Waals surface area contributed by atoms with Gasteiger partial charge in [0.05, 0.1) is 0 Å². The van der Waals surface area contributed by atoms with Crippen LogP contribution < -0.4 is 0 Å². The maximum atomic E-state index is 13.3. The van der Waals surface area contributed by atoms with Gasteiger partial charge in [0, 0.05) is 31.2 Å². The minimum absolute atomic E-state index is 0.0581. The van der Waals surface area contributed by atoms with Crippen LogP contribution in [-0.2, 0) is 4.74 Å². The van der Waals surface area contributed by atoms with Crippen molar-refractivity contribution in [3.05, 3.63) is 35.6 Å². The van der Waals surface area contributed by atoms with E-state index in [1.165, 1.54) is 12.1 Å². The third-order valence-corrected chi connectivity index (χ3v) is 4.86. The number of halogens is 1. The van der Waals surface area contributed by atoms with Crippen LogP contribution in [-0.4, -0.2) is 46.7 Å². The van der Waals surface area contributed by atoms with Crippen molar-refractivity contribution in [2.75, 3.05) is 13.1 Å². The topological polar surface area (TPSA) is 32.8 Å². The van der Waals surface area contributed by atoms with E-state index >= 15 is 0 Å². The lowest BCUT2D eigenvalue weighted by molar-refractivity contribution is -0.0258. The molecule has 1 aromatic carbocycles. The van der Waals surface area contributed by atoms with Gasteiger partial charge in [-0.15, -0.1) is 0 Å². The molecular formula is C21H33FN2O2. The molecule has 1 amide bonds. The Morgan fingerprint density at radius 2 is 1.69 bits per heavy atom. The zero-order chi connectivity index (χ0) is 19.6. The van der Waals surface area contributed by atoms with Gasteiger partial charge in [-0.05, 0) is 58.2 Å². The number of carbonyl (C=O) groups is 1. The van der Waals surface area contributed by atoms with Crippen molar-refractivity contribution in [1.82, 2.24) is 9.80 Å². The van der Waals surface area contributed by atoms with Crippen LogP contribution >= 0.6 is 0 Å². The summed E-state index contributed by atoms with van der Waals surface area (Å²) in [5, 5.41) is 0. The Kier molecular flexibility index (Phi) is 6.33. The third-order valence-electron chi connectivity index (χ3n) is 4.86. The number of hydrogen-bond donors (Lipinski definition) is 0. The number of benzene rings is 1. The van der Waals surface area contributed by atoms with Crippen LogP contribution in [0.4, 0.5) is 9.18 Å². The van der Waals surface area contributed by atoms with Crippen LogP contribution in [0.5, 0.6) is 0 Å². The molecule has 0 spiro atoms. The van der Waals surface area contributed by atoms with Crippen molar-refractivity contribution in [1.29, 1.82) is 0 Å². The fourth-order valence-corrected chi connectivity index (χ4v) is 3.74. The van der Waals surface area contributed by atoms with Gasteiger partial charge in [0.2, 0.25) is 0 Å². The quantitative estimate of drug-likeness (QED) is 0.768. The summed E-state index contributed by atoms with van der Waals surface area (Å²) in [6.45, 7) is 15.6. The average molecular weight is 365 g/mol. The summed E-state index contributed by atoms with van der Waals surface area (Å²) in [6, 6.07) is 7.23. The molecule has 1 unspecified atom stereocenters. The molecule has 0 aromatic heterocycles. The molecule has 0 bridgehead atoms. The highest BCUT2D eigenvalue weighted by molar-refractivity contribution is 5.68. The fourth-order valence-electron chi connectivity index (χ4n) is 3.74. The smallest absolute Gasteiger partial charge is 0.410 e. The Morgan fingerprint density at radius 1 is 1.12 bits per heavy atom. The highest BCUT2D eigenvalue weighted by atomic mass is 19.1. The van der Waals surface area contributed by atoms with Crippen molar-refractivity contribution in [2.24, 2.45) is 5.92 Å². The minimum atomic E-state index is -0.494. The summed E-state index contributed by atoms with van der Waals surface area (Å²) < 4.78 is 18.9. The van der Waals surface area contributed by atoms with Crippen molar-refractivity contribution in [3.63, 3.8) is 0 Å². The minimum Gasteiger partial charge on any atom is -0.444 e. The van der Waals surface area contributed by atoms with Crippen LogP contribution in [0.1, 0.15) is 60.1 Å². The summed E-state index contributed by atoms with van der Waals surface area (Å²) in [5.41, 5.74) is 0.623. The molecule has 3 atom stereocenters. The van der Waals surface area contributed by atoms with Crippen LogP contribution in [0.15, 0.2) is 24.3 Å². The summed E-state index contributed by atoms with van der Waals surface area (Å²) >= 11 is 0. The van der Waals surface area contributed by atoms with E-state index in [9.17, 15) is 9.18 Å². The molecule has 0 N–H and O–H groups in total. The van der Waals surface area contributed by atoms with Crippen LogP contribution in [0, 0.1) is 11.7 Å². The van der Waals surface area contributed by atoms with Crippen molar-refractivity contribution in [2.45, 2.75) is 72.2 Å². The van der Waals surface area contributed by atoms with Crippen LogP contribution in [0.3, 0.4) is 0 Å². The van der Waals surface area contributed by atoms with Gasteiger partial charge >= 0.3 is 6.09 Å². The largest absolute Gasteiger partial charge is 0.444 e. The van der Waals surface area contributed by atoms with E-state index in [0.29, 0.717) is 12.5 Å². The van der Waals surface area contributed by atoms with Gasteiger partial charge in [-0.2, -0.15) is 0 Å². The maximum Gasteiger partial charge on any atom is 0.410 e. The second-order valence-corrected chi connectivity index (χ2v) is 8.77. The first-order valence-electron chi connectivity index (χ1n) is 9.50. The molecule has 0 radical (unpaired) electrons. The van der Waals surface area contributed by atoms with E-state index < -0.39 is 5.60 Å². The zero-order valence-corrected chi connectivity index (χ0v) is 17.1. The predicted molar refractivity (Wildman–Crippen MR) is 103 cm³/mol. The van der Waals surface area contributed by atoms with Gasteiger partial charge < -0.3 is 9.64 Å². The molecule has 2 rings (SSSR count). The number of hydrogen-bond acceptors (Lipinski definition) is 3. The molecule has 26 heavy (non-hydrogen) atoms. The standard InChI is InChI=1S/C21H33FN2O2/c1-14(2)19(17-8-10-18(22)11-9-17)23-12-16(4)24(13-15(23)3)20(25)26-21(5,6)7/h8-11,14-16,19H,12-13H2,1-7H3/t15-,16+,19?/m1/s1. The summed E-state index contributed by atoms with van der Waals surface area (Å²) in [7, 11) is 0. The maximum absolute atomic E-state index is 13.3. The van der Waals surface area contributed by atoms with Crippen molar-refractivity contribution >= 4 is 6.09 Å². The Morgan fingerprint density at radius 3 is 2.19 bits per heavy atom. The lowest BCUT2D eigenvalue weighted by atomic mass is 9.91. The molecule has 1 fully saturated rings. The molecule has 1 saturated heterocycles. The molecular weight excluding hydrogens is 331 g/mol. The number of ether oxygens (including phenoxy) is 1. The Balaban J connectivity index is 2.18. The second-order valence-electron chi connectivity index (χ2n) is 8.77. The Hall–Kier alpha value is -1.62. The first kappa shape index (κ1) is 20.7. The van der Waals surface area contributed by atoms with Gasteiger partial charge in [0.25, 0.3) is 0 Å². The van der Waals surface area contributed by atoms with E-state index in [-0.39, 0.29) is 30.0 Å². The summed E-state index contributed by atoms with van der Waals surface area (Å²) in [4.78, 5) is 16.8. The number of amides is 1. The average Bonchev–Trinajstić information content (AvgIpc) is 2.50. The number of rotatable bonds is 3. The first-order valence-corrected chi connectivity index (χ1v) is 9.50. The second kappa shape index (κ2) is 7.95. The van der Waals surface area contributed by atoms with E-state index in [1.54, 1.807) is 0 Å². The van der Waals surface area contributed by atoms with Crippen LogP contribution in [0.25, 0.3) is 0 Å². The zero-order valence-electron chi connectivity index (χ0n) is 17.1. The van der Waals surface area contributed by atoms with E-state index in [2.05, 4.69) is 32.6 Å². The van der Waals surface area contributed by atoms with E-state index in [0.717, 1.165) is 12.1 Å². The summed E-state index contributed by atoms with van der Waals surface area (Å²) in [5.74, 6) is 0.163. The first-order chi connectivity index (χ1) is 12.0. The number of piperazine rings is 1. The SMILES string of the molecule is CC(C)C(c1ccc(F)cc1)N1C[C@H](C)N(C(=O)OC(C)(C)C)C[C@H]1C. The van der Waals surface area contributed by atoms with E-state index in [4.69, 9.17) is 4.74 Å². The van der Waals surface area contributed by atoms with E-state index in [1.807, 2.05) is 37.8 Å². The molecule has 1 aliphatic rings. The fraction of sp³-hybridized carbons (Fsp3) is 0.667. The molecule has 0 aliphatic carbocycles. The number of nitrogens with zero attached hydrogens (tertiary/aromatic N) is 2. The summed E-state index contributed by atoms with van der Waals surface area (Å²) in [6.07, 6.45) is -0.251. The normalized spacial score (nSPS) is 23.2. The third kappa shape index (κ3) is 4.97. The van der Waals surface area contributed by atoms with Crippen molar-refractivity contribution in [3.8, 4) is 0 Å². The molecule has 4 nitrogen and oxygen atoms in total. The highest BCUT2D eigenvalue weighted by Crippen LogP contribution is 2.33. The molecule has 1 heterocycles.